The van der Waals surface area contributed by atoms with Crippen LogP contribution in [0.3, 0.4) is 0 Å². The van der Waals surface area contributed by atoms with Gasteiger partial charge < -0.3 is 5.32 Å². The highest BCUT2D eigenvalue weighted by atomic mass is 14.9. The minimum Gasteiger partial charge on any atom is -0.307 e. The molecule has 1 N–H and O–H groups in total. The van der Waals surface area contributed by atoms with Crippen LogP contribution in [0.5, 0.6) is 0 Å². The summed E-state index contributed by atoms with van der Waals surface area (Å²) in [6.45, 7) is 7.56. The lowest BCUT2D eigenvalue weighted by atomic mass is 9.93. The first-order valence-corrected chi connectivity index (χ1v) is 7.64. The Balaban J connectivity index is 2.38. The summed E-state index contributed by atoms with van der Waals surface area (Å²) >= 11 is 0. The second kappa shape index (κ2) is 7.25. The number of aryl methyl sites for hydroxylation is 2. The quantitative estimate of drug-likeness (QED) is 0.803. The van der Waals surface area contributed by atoms with Crippen molar-refractivity contribution in [2.75, 3.05) is 6.54 Å². The molecule has 0 bridgehead atoms. The molecule has 0 aliphatic rings. The lowest BCUT2D eigenvalue weighted by Crippen LogP contribution is -2.22. The van der Waals surface area contributed by atoms with Gasteiger partial charge in [0.2, 0.25) is 0 Å². The van der Waals surface area contributed by atoms with Gasteiger partial charge in [0.25, 0.3) is 0 Å². The SMILES string of the molecule is CCCc1cccc(C(NCC)c2ccccc2C)c1. The smallest absolute Gasteiger partial charge is 0.0579 e. The molecule has 1 unspecified atom stereocenters. The molecule has 20 heavy (non-hydrogen) atoms. The first-order valence-electron chi connectivity index (χ1n) is 7.64. The number of rotatable bonds is 6. The van der Waals surface area contributed by atoms with Crippen molar-refractivity contribution in [1.82, 2.24) is 5.32 Å². The Bertz CT molecular complexity index is 545. The first kappa shape index (κ1) is 14.8. The van der Waals surface area contributed by atoms with E-state index in [-0.39, 0.29) is 6.04 Å². The van der Waals surface area contributed by atoms with Crippen molar-refractivity contribution in [3.8, 4) is 0 Å². The number of hydrogen-bond acceptors (Lipinski definition) is 1. The van der Waals surface area contributed by atoms with E-state index >= 15 is 0 Å². The van der Waals surface area contributed by atoms with Crippen LogP contribution in [0, 0.1) is 6.92 Å². The lowest BCUT2D eigenvalue weighted by Gasteiger charge is -2.21. The maximum Gasteiger partial charge on any atom is 0.0579 e. The minimum atomic E-state index is 0.290. The molecule has 0 fully saturated rings. The fraction of sp³-hybridized carbons (Fsp3) is 0.368. The molecular weight excluding hydrogens is 242 g/mol. The van der Waals surface area contributed by atoms with E-state index in [1.807, 2.05) is 0 Å². The molecule has 0 aliphatic heterocycles. The summed E-state index contributed by atoms with van der Waals surface area (Å²) in [5.74, 6) is 0. The second-order valence-electron chi connectivity index (χ2n) is 5.34. The van der Waals surface area contributed by atoms with E-state index in [2.05, 4.69) is 74.6 Å². The normalized spacial score (nSPS) is 12.3. The highest BCUT2D eigenvalue weighted by Gasteiger charge is 2.14. The van der Waals surface area contributed by atoms with Crippen molar-refractivity contribution in [3.05, 3.63) is 70.8 Å². The predicted octanol–water partition coefficient (Wildman–Crippen LogP) is 4.65. The molecule has 0 heterocycles. The van der Waals surface area contributed by atoms with Gasteiger partial charge in [0.15, 0.2) is 0 Å². The fourth-order valence-corrected chi connectivity index (χ4v) is 2.74. The van der Waals surface area contributed by atoms with Crippen molar-refractivity contribution >= 4 is 0 Å². The van der Waals surface area contributed by atoms with Crippen LogP contribution in [-0.2, 0) is 6.42 Å². The molecule has 1 heteroatoms. The molecule has 1 atom stereocenters. The Morgan fingerprint density at radius 1 is 1.00 bits per heavy atom. The van der Waals surface area contributed by atoms with Gasteiger partial charge in [0, 0.05) is 0 Å². The van der Waals surface area contributed by atoms with Gasteiger partial charge in [-0.3, -0.25) is 0 Å². The molecule has 0 spiro atoms. The summed E-state index contributed by atoms with van der Waals surface area (Å²) in [5.41, 5.74) is 5.52. The molecule has 106 valence electrons. The minimum absolute atomic E-state index is 0.290. The maximum absolute atomic E-state index is 3.63. The second-order valence-corrected chi connectivity index (χ2v) is 5.34. The van der Waals surface area contributed by atoms with E-state index < -0.39 is 0 Å². The molecule has 0 saturated heterocycles. The Morgan fingerprint density at radius 3 is 2.50 bits per heavy atom. The summed E-state index contributed by atoms with van der Waals surface area (Å²) in [5, 5.41) is 3.63. The summed E-state index contributed by atoms with van der Waals surface area (Å²) in [6.07, 6.45) is 2.35. The van der Waals surface area contributed by atoms with E-state index in [4.69, 9.17) is 0 Å². The van der Waals surface area contributed by atoms with E-state index in [1.54, 1.807) is 0 Å². The fourth-order valence-electron chi connectivity index (χ4n) is 2.74. The van der Waals surface area contributed by atoms with Crippen LogP contribution in [-0.4, -0.2) is 6.54 Å². The summed E-state index contributed by atoms with van der Waals surface area (Å²) in [6, 6.07) is 17.9. The third-order valence-corrected chi connectivity index (χ3v) is 3.73. The third kappa shape index (κ3) is 3.49. The monoisotopic (exact) mass is 267 g/mol. The summed E-state index contributed by atoms with van der Waals surface area (Å²) in [7, 11) is 0. The summed E-state index contributed by atoms with van der Waals surface area (Å²) in [4.78, 5) is 0. The predicted molar refractivity (Wildman–Crippen MR) is 87.1 cm³/mol. The zero-order chi connectivity index (χ0) is 14.4. The van der Waals surface area contributed by atoms with Gasteiger partial charge in [-0.1, -0.05) is 68.8 Å². The van der Waals surface area contributed by atoms with Gasteiger partial charge in [0.05, 0.1) is 6.04 Å². The molecule has 0 saturated carbocycles. The van der Waals surface area contributed by atoms with Crippen molar-refractivity contribution in [2.45, 2.75) is 39.7 Å². The Kier molecular flexibility index (Phi) is 5.37. The van der Waals surface area contributed by atoms with Crippen LogP contribution in [0.1, 0.15) is 48.6 Å². The average Bonchev–Trinajstić information content (AvgIpc) is 2.46. The number of nitrogens with one attached hydrogen (secondary N) is 1. The Morgan fingerprint density at radius 2 is 1.80 bits per heavy atom. The molecule has 2 aromatic carbocycles. The highest BCUT2D eigenvalue weighted by molar-refractivity contribution is 5.38. The Labute approximate surface area is 123 Å². The van der Waals surface area contributed by atoms with Crippen molar-refractivity contribution < 1.29 is 0 Å². The van der Waals surface area contributed by atoms with E-state index in [9.17, 15) is 0 Å². The summed E-state index contributed by atoms with van der Waals surface area (Å²) < 4.78 is 0. The van der Waals surface area contributed by atoms with Crippen LogP contribution in [0.15, 0.2) is 48.5 Å². The van der Waals surface area contributed by atoms with Crippen LogP contribution in [0.2, 0.25) is 0 Å². The average molecular weight is 267 g/mol. The molecule has 0 aliphatic carbocycles. The maximum atomic E-state index is 3.63. The molecule has 1 nitrogen and oxygen atoms in total. The zero-order valence-electron chi connectivity index (χ0n) is 12.8. The standard InChI is InChI=1S/C19H25N/c1-4-9-16-11-8-12-17(14-16)19(20-5-2)18-13-7-6-10-15(18)3/h6-8,10-14,19-20H,4-5,9H2,1-3H3. The van der Waals surface area contributed by atoms with Crippen LogP contribution in [0.25, 0.3) is 0 Å². The van der Waals surface area contributed by atoms with Crippen molar-refractivity contribution in [2.24, 2.45) is 0 Å². The zero-order valence-corrected chi connectivity index (χ0v) is 12.8. The molecule has 2 aromatic rings. The molecule has 0 radical (unpaired) electrons. The van der Waals surface area contributed by atoms with E-state index in [0.717, 1.165) is 13.0 Å². The molecule has 0 amide bonds. The largest absolute Gasteiger partial charge is 0.307 e. The van der Waals surface area contributed by atoms with Crippen molar-refractivity contribution in [3.63, 3.8) is 0 Å². The van der Waals surface area contributed by atoms with Gasteiger partial charge in [0.1, 0.15) is 0 Å². The van der Waals surface area contributed by atoms with Gasteiger partial charge in [-0.05, 0) is 42.1 Å². The van der Waals surface area contributed by atoms with Crippen LogP contribution in [0.4, 0.5) is 0 Å². The third-order valence-electron chi connectivity index (χ3n) is 3.73. The van der Waals surface area contributed by atoms with Crippen LogP contribution >= 0.6 is 0 Å². The van der Waals surface area contributed by atoms with Gasteiger partial charge in [-0.2, -0.15) is 0 Å². The topological polar surface area (TPSA) is 12.0 Å². The van der Waals surface area contributed by atoms with E-state index in [0.29, 0.717) is 0 Å². The van der Waals surface area contributed by atoms with Crippen molar-refractivity contribution in [1.29, 1.82) is 0 Å². The molecular formula is C19H25N. The Hall–Kier alpha value is -1.60. The molecule has 2 rings (SSSR count). The van der Waals surface area contributed by atoms with Gasteiger partial charge >= 0.3 is 0 Å². The van der Waals surface area contributed by atoms with Gasteiger partial charge in [-0.15, -0.1) is 0 Å². The van der Waals surface area contributed by atoms with E-state index in [1.165, 1.54) is 28.7 Å². The first-order chi connectivity index (χ1) is 9.76. The van der Waals surface area contributed by atoms with Gasteiger partial charge in [-0.25, -0.2) is 0 Å². The van der Waals surface area contributed by atoms with Crippen LogP contribution < -0.4 is 5.32 Å². The molecule has 0 aromatic heterocycles. The number of benzene rings is 2. The number of hydrogen-bond donors (Lipinski definition) is 1. The lowest BCUT2D eigenvalue weighted by molar-refractivity contribution is 0.627. The highest BCUT2D eigenvalue weighted by Crippen LogP contribution is 2.25.